The monoisotopic (exact) mass is 382 g/mol. The van der Waals surface area contributed by atoms with Gasteiger partial charge in [0.25, 0.3) is 5.91 Å². The predicted molar refractivity (Wildman–Crippen MR) is 102 cm³/mol. The zero-order chi connectivity index (χ0) is 19.3. The number of carbonyl (C=O) groups is 3. The van der Waals surface area contributed by atoms with Crippen molar-refractivity contribution in [1.82, 2.24) is 20.9 Å². The van der Waals surface area contributed by atoms with Crippen LogP contribution in [0.25, 0.3) is 0 Å². The molecule has 3 fully saturated rings. The lowest BCUT2D eigenvalue weighted by atomic mass is 9.68. The number of hydrogen-bond acceptors (Lipinski definition) is 5. The van der Waals surface area contributed by atoms with Crippen molar-refractivity contribution in [2.45, 2.75) is 56.8 Å². The minimum atomic E-state index is -0.553. The summed E-state index contributed by atoms with van der Waals surface area (Å²) in [5.41, 5.74) is 3.09. The highest BCUT2D eigenvalue weighted by Crippen LogP contribution is 2.44. The predicted octanol–water partition coefficient (Wildman–Crippen LogP) is 0.679. The number of nitrogens with zero attached hydrogens (tertiary/aromatic N) is 1. The lowest BCUT2D eigenvalue weighted by Crippen LogP contribution is -2.58. The fourth-order valence-electron chi connectivity index (χ4n) is 5.31. The number of imide groups is 1. The van der Waals surface area contributed by atoms with E-state index < -0.39 is 6.04 Å². The third-order valence-corrected chi connectivity index (χ3v) is 7.05. The normalized spacial score (nSPS) is 31.4. The van der Waals surface area contributed by atoms with Gasteiger partial charge in [-0.2, -0.15) is 0 Å². The fourth-order valence-corrected chi connectivity index (χ4v) is 5.31. The maximum atomic E-state index is 12.7. The Morgan fingerprint density at radius 1 is 1.18 bits per heavy atom. The van der Waals surface area contributed by atoms with Crippen molar-refractivity contribution in [3.8, 4) is 0 Å². The van der Waals surface area contributed by atoms with Crippen LogP contribution in [0.15, 0.2) is 18.2 Å². The SMILES string of the molecule is O=C1CCC(N2Cc3cc(CNCC45CCC4CCN5)ccc3C2=O)C(=O)N1. The van der Waals surface area contributed by atoms with E-state index in [1.807, 2.05) is 12.1 Å². The van der Waals surface area contributed by atoms with Crippen molar-refractivity contribution in [3.05, 3.63) is 34.9 Å². The summed E-state index contributed by atoms with van der Waals surface area (Å²) in [6, 6.07) is 5.39. The average molecular weight is 382 g/mol. The maximum absolute atomic E-state index is 12.7. The number of piperidine rings is 1. The van der Waals surface area contributed by atoms with Gasteiger partial charge in [0.15, 0.2) is 0 Å². The van der Waals surface area contributed by atoms with Gasteiger partial charge >= 0.3 is 0 Å². The number of rotatable bonds is 5. The molecule has 7 nitrogen and oxygen atoms in total. The number of carbonyl (C=O) groups excluding carboxylic acids is 3. The molecule has 7 heteroatoms. The third-order valence-electron chi connectivity index (χ3n) is 7.05. The molecule has 3 unspecified atom stereocenters. The molecule has 0 spiro atoms. The van der Waals surface area contributed by atoms with Gasteiger partial charge in [-0.05, 0) is 55.3 Å². The Labute approximate surface area is 164 Å². The smallest absolute Gasteiger partial charge is 0.255 e. The van der Waals surface area contributed by atoms with Gasteiger partial charge in [-0.15, -0.1) is 0 Å². The number of nitrogens with one attached hydrogen (secondary N) is 3. The summed E-state index contributed by atoms with van der Waals surface area (Å²) in [6.45, 7) is 3.32. The summed E-state index contributed by atoms with van der Waals surface area (Å²) in [4.78, 5) is 37.9. The molecule has 28 heavy (non-hydrogen) atoms. The second-order valence-corrected chi connectivity index (χ2v) is 8.60. The third kappa shape index (κ3) is 2.84. The van der Waals surface area contributed by atoms with Crippen molar-refractivity contribution in [3.63, 3.8) is 0 Å². The highest BCUT2D eigenvalue weighted by molar-refractivity contribution is 6.05. The minimum Gasteiger partial charge on any atom is -0.322 e. The quantitative estimate of drug-likeness (QED) is 0.652. The Morgan fingerprint density at radius 3 is 2.82 bits per heavy atom. The minimum absolute atomic E-state index is 0.115. The highest BCUT2D eigenvalue weighted by Gasteiger charge is 2.49. The molecule has 148 valence electrons. The van der Waals surface area contributed by atoms with E-state index in [4.69, 9.17) is 0 Å². The zero-order valence-electron chi connectivity index (χ0n) is 15.9. The number of benzene rings is 1. The summed E-state index contributed by atoms with van der Waals surface area (Å²) < 4.78 is 0. The van der Waals surface area contributed by atoms with Crippen LogP contribution in [0.2, 0.25) is 0 Å². The Hall–Kier alpha value is -2.25. The summed E-state index contributed by atoms with van der Waals surface area (Å²) in [5.74, 6) is 0.0800. The van der Waals surface area contributed by atoms with Gasteiger partial charge in [-0.1, -0.05) is 12.1 Å². The highest BCUT2D eigenvalue weighted by atomic mass is 16.2. The van der Waals surface area contributed by atoms with Gasteiger partial charge in [-0.25, -0.2) is 0 Å². The molecule has 1 aromatic rings. The second kappa shape index (κ2) is 6.67. The lowest BCUT2D eigenvalue weighted by Gasteiger charge is -2.45. The summed E-state index contributed by atoms with van der Waals surface area (Å²) in [6.07, 6.45) is 4.56. The van der Waals surface area contributed by atoms with E-state index in [0.717, 1.165) is 36.7 Å². The van der Waals surface area contributed by atoms with E-state index >= 15 is 0 Å². The largest absolute Gasteiger partial charge is 0.322 e. The van der Waals surface area contributed by atoms with E-state index in [0.29, 0.717) is 24.1 Å². The molecule has 1 aliphatic carbocycles. The van der Waals surface area contributed by atoms with Crippen LogP contribution in [0, 0.1) is 5.92 Å². The van der Waals surface area contributed by atoms with Crippen molar-refractivity contribution in [2.24, 2.45) is 5.92 Å². The lowest BCUT2D eigenvalue weighted by molar-refractivity contribution is -0.136. The molecule has 3 heterocycles. The van der Waals surface area contributed by atoms with E-state index in [2.05, 4.69) is 22.0 Å². The summed E-state index contributed by atoms with van der Waals surface area (Å²) in [7, 11) is 0. The van der Waals surface area contributed by atoms with Crippen LogP contribution in [0.1, 0.15) is 53.6 Å². The van der Waals surface area contributed by atoms with Crippen molar-refractivity contribution in [2.75, 3.05) is 13.1 Å². The molecule has 1 saturated carbocycles. The Morgan fingerprint density at radius 2 is 2.07 bits per heavy atom. The molecule has 4 aliphatic rings. The van der Waals surface area contributed by atoms with Crippen molar-refractivity contribution >= 4 is 17.7 Å². The number of fused-ring (bicyclic) bond motifs is 2. The van der Waals surface area contributed by atoms with Gasteiger partial charge in [-0.3, -0.25) is 19.7 Å². The molecular formula is C21H26N4O3. The van der Waals surface area contributed by atoms with Gasteiger partial charge < -0.3 is 15.5 Å². The van der Waals surface area contributed by atoms with Crippen LogP contribution in [0.5, 0.6) is 0 Å². The van der Waals surface area contributed by atoms with Crippen LogP contribution in [-0.2, 0) is 22.7 Å². The van der Waals surface area contributed by atoms with Gasteiger partial charge in [0.05, 0.1) is 0 Å². The molecule has 3 N–H and O–H groups in total. The fraction of sp³-hybridized carbons (Fsp3) is 0.571. The van der Waals surface area contributed by atoms with Crippen LogP contribution in [-0.4, -0.2) is 47.3 Å². The molecule has 3 aliphatic heterocycles. The molecule has 3 amide bonds. The van der Waals surface area contributed by atoms with Gasteiger partial charge in [0.2, 0.25) is 11.8 Å². The standard InChI is InChI=1S/C21H26N4O3/c26-18-4-3-17(19(27)24-18)25-11-14-9-13(1-2-16(14)20(25)28)10-22-12-21-7-5-15(21)6-8-23-21/h1-2,9,15,17,22-23H,3-8,10-12H2,(H,24,26,27). The first-order valence-corrected chi connectivity index (χ1v) is 10.3. The zero-order valence-corrected chi connectivity index (χ0v) is 15.9. The summed E-state index contributed by atoms with van der Waals surface area (Å²) >= 11 is 0. The van der Waals surface area contributed by atoms with Gasteiger partial charge in [0.1, 0.15) is 6.04 Å². The first-order chi connectivity index (χ1) is 13.6. The van der Waals surface area contributed by atoms with Crippen LogP contribution >= 0.6 is 0 Å². The average Bonchev–Trinajstić information content (AvgIpc) is 3.13. The maximum Gasteiger partial charge on any atom is 0.255 e. The van der Waals surface area contributed by atoms with E-state index in [1.165, 1.54) is 19.3 Å². The molecular weight excluding hydrogens is 356 g/mol. The molecule has 0 bridgehead atoms. The second-order valence-electron chi connectivity index (χ2n) is 8.60. The van der Waals surface area contributed by atoms with E-state index in [1.54, 1.807) is 4.90 Å². The topological polar surface area (TPSA) is 90.5 Å². The van der Waals surface area contributed by atoms with Crippen LogP contribution in [0.3, 0.4) is 0 Å². The van der Waals surface area contributed by atoms with Crippen LogP contribution in [0.4, 0.5) is 0 Å². The molecule has 3 atom stereocenters. The number of hydrogen-bond donors (Lipinski definition) is 3. The van der Waals surface area contributed by atoms with Gasteiger partial charge in [0, 0.05) is 37.2 Å². The first kappa shape index (κ1) is 17.8. The molecule has 2 saturated heterocycles. The Bertz CT molecular complexity index is 854. The Balaban J connectivity index is 1.23. The summed E-state index contributed by atoms with van der Waals surface area (Å²) in [5, 5.41) is 9.61. The van der Waals surface area contributed by atoms with Crippen LogP contribution < -0.4 is 16.0 Å². The first-order valence-electron chi connectivity index (χ1n) is 10.3. The van der Waals surface area contributed by atoms with Crippen molar-refractivity contribution < 1.29 is 14.4 Å². The number of amides is 3. The molecule has 0 aromatic heterocycles. The molecule has 5 rings (SSSR count). The van der Waals surface area contributed by atoms with E-state index in [9.17, 15) is 14.4 Å². The molecule has 1 aromatic carbocycles. The Kier molecular flexibility index (Phi) is 4.25. The van der Waals surface area contributed by atoms with E-state index in [-0.39, 0.29) is 24.1 Å². The van der Waals surface area contributed by atoms with Crippen molar-refractivity contribution in [1.29, 1.82) is 0 Å². The molecule has 0 radical (unpaired) electrons.